The minimum atomic E-state index is -0.408. The lowest BCUT2D eigenvalue weighted by molar-refractivity contribution is -0.383. The van der Waals surface area contributed by atoms with Gasteiger partial charge in [0.2, 0.25) is 0 Å². The van der Waals surface area contributed by atoms with Gasteiger partial charge in [0.05, 0.1) is 4.92 Å². The van der Waals surface area contributed by atoms with Crippen LogP contribution in [0.25, 0.3) is 10.9 Å². The molecule has 0 atom stereocenters. The van der Waals surface area contributed by atoms with Crippen molar-refractivity contribution in [3.63, 3.8) is 0 Å². The minimum Gasteiger partial charge on any atom is -0.377 e. The van der Waals surface area contributed by atoms with Gasteiger partial charge in [-0.25, -0.2) is 4.98 Å². The number of non-ortho nitro benzene ring substituents is 1. The predicted octanol–water partition coefficient (Wildman–Crippen LogP) is 2.21. The summed E-state index contributed by atoms with van der Waals surface area (Å²) in [4.78, 5) is 16.4. The Kier molecular flexibility index (Phi) is 2.44. The number of rotatable bonds is 2. The maximum Gasteiger partial charge on any atom is 0.295 e. The van der Waals surface area contributed by atoms with E-state index in [0.29, 0.717) is 5.52 Å². The Hall–Kier alpha value is -2.17. The molecule has 0 aliphatic rings. The van der Waals surface area contributed by atoms with Crippen molar-refractivity contribution in [2.75, 3.05) is 19.0 Å². The maximum atomic E-state index is 10.8. The number of nitro groups is 1. The lowest BCUT2D eigenvalue weighted by Gasteiger charge is -2.14. The zero-order valence-electron chi connectivity index (χ0n) is 9.04. The summed E-state index contributed by atoms with van der Waals surface area (Å²) in [5.41, 5.74) is 1.40. The number of pyridine rings is 1. The zero-order chi connectivity index (χ0) is 11.7. The van der Waals surface area contributed by atoms with Crippen LogP contribution < -0.4 is 4.90 Å². The van der Waals surface area contributed by atoms with Gasteiger partial charge in [0.1, 0.15) is 5.52 Å². The normalized spacial score (nSPS) is 10.4. The van der Waals surface area contributed by atoms with Crippen LogP contribution in [0.4, 0.5) is 11.4 Å². The number of nitro benzene ring substituents is 1. The number of benzene rings is 1. The minimum absolute atomic E-state index is 0.0428. The topological polar surface area (TPSA) is 59.3 Å². The Labute approximate surface area is 92.5 Å². The molecule has 5 heteroatoms. The molecule has 1 aromatic heterocycles. The van der Waals surface area contributed by atoms with Crippen LogP contribution in [0, 0.1) is 10.1 Å². The summed E-state index contributed by atoms with van der Waals surface area (Å²) in [6, 6.07) is 6.82. The largest absolute Gasteiger partial charge is 0.377 e. The summed E-state index contributed by atoms with van der Waals surface area (Å²) in [6.07, 6.45) is 1.59. The first-order valence-electron chi connectivity index (χ1n) is 4.80. The van der Waals surface area contributed by atoms with E-state index in [9.17, 15) is 10.1 Å². The maximum absolute atomic E-state index is 10.8. The number of anilines is 1. The highest BCUT2D eigenvalue weighted by atomic mass is 16.6. The van der Waals surface area contributed by atoms with E-state index in [-0.39, 0.29) is 5.69 Å². The molecule has 0 fully saturated rings. The van der Waals surface area contributed by atoms with Crippen molar-refractivity contribution < 1.29 is 4.92 Å². The third-order valence-corrected chi connectivity index (χ3v) is 2.41. The van der Waals surface area contributed by atoms with Gasteiger partial charge in [0, 0.05) is 37.4 Å². The van der Waals surface area contributed by atoms with Crippen molar-refractivity contribution >= 4 is 22.3 Å². The fourth-order valence-electron chi connectivity index (χ4n) is 1.68. The number of fused-ring (bicyclic) bond motifs is 1. The van der Waals surface area contributed by atoms with Gasteiger partial charge in [0.25, 0.3) is 5.69 Å². The van der Waals surface area contributed by atoms with Gasteiger partial charge >= 0.3 is 0 Å². The lowest BCUT2D eigenvalue weighted by atomic mass is 10.1. The van der Waals surface area contributed by atoms with Crippen LogP contribution in [0.2, 0.25) is 0 Å². The Balaban J connectivity index is 2.81. The van der Waals surface area contributed by atoms with Crippen molar-refractivity contribution in [2.45, 2.75) is 0 Å². The van der Waals surface area contributed by atoms with Crippen LogP contribution in [0.1, 0.15) is 0 Å². The molecule has 0 saturated carbocycles. The van der Waals surface area contributed by atoms with Gasteiger partial charge < -0.3 is 4.90 Å². The van der Waals surface area contributed by atoms with Crippen LogP contribution >= 0.6 is 0 Å². The van der Waals surface area contributed by atoms with Crippen molar-refractivity contribution in [1.29, 1.82) is 0 Å². The second kappa shape index (κ2) is 3.77. The Morgan fingerprint density at radius 3 is 2.69 bits per heavy atom. The first-order valence-corrected chi connectivity index (χ1v) is 4.80. The predicted molar refractivity (Wildman–Crippen MR) is 62.7 cm³/mol. The summed E-state index contributed by atoms with van der Waals surface area (Å²) in [7, 11) is 3.79. The molecule has 0 amide bonds. The molecule has 0 saturated heterocycles. The number of aromatic nitrogens is 1. The van der Waals surface area contributed by atoms with Gasteiger partial charge in [-0.2, -0.15) is 0 Å². The molecule has 0 aliphatic carbocycles. The molecule has 0 spiro atoms. The van der Waals surface area contributed by atoms with Crippen molar-refractivity contribution in [3.8, 4) is 0 Å². The van der Waals surface area contributed by atoms with Gasteiger partial charge in [-0.3, -0.25) is 10.1 Å². The molecule has 5 nitrogen and oxygen atoms in total. The van der Waals surface area contributed by atoms with Gasteiger partial charge in [-0.15, -0.1) is 0 Å². The van der Waals surface area contributed by atoms with E-state index in [2.05, 4.69) is 4.98 Å². The molecule has 0 radical (unpaired) electrons. The second-order valence-electron chi connectivity index (χ2n) is 3.65. The molecular weight excluding hydrogens is 206 g/mol. The van der Waals surface area contributed by atoms with Crippen molar-refractivity contribution in [3.05, 3.63) is 40.6 Å². The number of nitrogens with zero attached hydrogens (tertiary/aromatic N) is 3. The highest BCUT2D eigenvalue weighted by Crippen LogP contribution is 2.29. The summed E-state index contributed by atoms with van der Waals surface area (Å²) < 4.78 is 0. The SMILES string of the molecule is CN(C)c1ccnc2c([N+](=O)[O-])cccc12. The Morgan fingerprint density at radius 1 is 1.31 bits per heavy atom. The third-order valence-electron chi connectivity index (χ3n) is 2.41. The average molecular weight is 217 g/mol. The molecule has 1 heterocycles. The van der Waals surface area contributed by atoms with Crippen molar-refractivity contribution in [1.82, 2.24) is 4.98 Å². The Morgan fingerprint density at radius 2 is 2.06 bits per heavy atom. The fourth-order valence-corrected chi connectivity index (χ4v) is 1.68. The van der Waals surface area contributed by atoms with Crippen LogP contribution in [0.3, 0.4) is 0 Å². The average Bonchev–Trinajstić information content (AvgIpc) is 2.27. The Bertz CT molecular complexity index is 552. The van der Waals surface area contributed by atoms with Crippen LogP contribution in [0.15, 0.2) is 30.5 Å². The van der Waals surface area contributed by atoms with Crippen LogP contribution in [-0.2, 0) is 0 Å². The van der Waals surface area contributed by atoms with Crippen molar-refractivity contribution in [2.24, 2.45) is 0 Å². The summed E-state index contributed by atoms with van der Waals surface area (Å²) >= 11 is 0. The molecule has 0 N–H and O–H groups in total. The highest BCUT2D eigenvalue weighted by Gasteiger charge is 2.14. The van der Waals surface area contributed by atoms with Gasteiger partial charge in [-0.05, 0) is 6.07 Å². The smallest absolute Gasteiger partial charge is 0.295 e. The van der Waals surface area contributed by atoms with E-state index in [1.54, 1.807) is 12.3 Å². The molecule has 0 bridgehead atoms. The first kappa shape index (κ1) is 10.4. The molecule has 16 heavy (non-hydrogen) atoms. The van der Waals surface area contributed by atoms with Gasteiger partial charge in [-0.1, -0.05) is 12.1 Å². The molecule has 2 rings (SSSR count). The summed E-state index contributed by atoms with van der Waals surface area (Å²) in [5, 5.41) is 11.6. The lowest BCUT2D eigenvalue weighted by Crippen LogP contribution is -2.09. The summed E-state index contributed by atoms with van der Waals surface area (Å²) in [5.74, 6) is 0. The molecule has 0 unspecified atom stereocenters. The van der Waals surface area contributed by atoms with Gasteiger partial charge in [0.15, 0.2) is 0 Å². The van der Waals surface area contributed by atoms with E-state index in [1.807, 2.05) is 31.1 Å². The molecule has 2 aromatic rings. The standard InChI is InChI=1S/C11H11N3O2/c1-13(2)9-6-7-12-11-8(9)4-3-5-10(11)14(15)16/h3-7H,1-2H3. The number of hydrogen-bond acceptors (Lipinski definition) is 4. The van der Waals surface area contributed by atoms with E-state index < -0.39 is 4.92 Å². The van der Waals surface area contributed by atoms with Crippen LogP contribution in [-0.4, -0.2) is 24.0 Å². The second-order valence-corrected chi connectivity index (χ2v) is 3.65. The molecular formula is C11H11N3O2. The van der Waals surface area contributed by atoms with E-state index >= 15 is 0 Å². The molecule has 82 valence electrons. The third kappa shape index (κ3) is 1.56. The molecule has 0 aliphatic heterocycles. The quantitative estimate of drug-likeness (QED) is 0.571. The highest BCUT2D eigenvalue weighted by molar-refractivity contribution is 5.96. The van der Waals surface area contributed by atoms with Crippen LogP contribution in [0.5, 0.6) is 0 Å². The van der Waals surface area contributed by atoms with E-state index in [4.69, 9.17) is 0 Å². The first-order chi connectivity index (χ1) is 7.61. The fraction of sp³-hybridized carbons (Fsp3) is 0.182. The number of hydrogen-bond donors (Lipinski definition) is 0. The van der Waals surface area contributed by atoms with E-state index in [0.717, 1.165) is 11.1 Å². The summed E-state index contributed by atoms with van der Waals surface area (Å²) in [6.45, 7) is 0. The van der Waals surface area contributed by atoms with E-state index in [1.165, 1.54) is 6.07 Å². The number of para-hydroxylation sites is 1. The molecule has 1 aromatic carbocycles. The monoisotopic (exact) mass is 217 g/mol. The zero-order valence-corrected chi connectivity index (χ0v) is 9.04.